The molecule has 1 rings (SSSR count). The quantitative estimate of drug-likeness (QED) is 0.760. The van der Waals surface area contributed by atoms with Crippen molar-refractivity contribution in [3.63, 3.8) is 0 Å². The number of rotatable bonds is 4. The Kier molecular flexibility index (Phi) is 5.19. The summed E-state index contributed by atoms with van der Waals surface area (Å²) in [6, 6.07) is 0. The highest BCUT2D eigenvalue weighted by atomic mass is 16.8. The van der Waals surface area contributed by atoms with Crippen LogP contribution in [0, 0.1) is 0 Å². The van der Waals surface area contributed by atoms with Crippen molar-refractivity contribution >= 4 is 17.9 Å². The summed E-state index contributed by atoms with van der Waals surface area (Å²) in [6.07, 6.45) is -4.13. The second-order valence-corrected chi connectivity index (χ2v) is 6.43. The molecule has 0 aromatic rings. The van der Waals surface area contributed by atoms with Gasteiger partial charge in [0.2, 0.25) is 0 Å². The van der Waals surface area contributed by atoms with E-state index in [4.69, 9.17) is 24.1 Å². The molecule has 8 heteroatoms. The summed E-state index contributed by atoms with van der Waals surface area (Å²) >= 11 is 0. The molecule has 1 aliphatic heterocycles. The minimum Gasteiger partial charge on any atom is -0.479 e. The summed E-state index contributed by atoms with van der Waals surface area (Å²) in [5, 5.41) is 9.06. The van der Waals surface area contributed by atoms with Crippen LogP contribution in [0.5, 0.6) is 0 Å². The lowest BCUT2D eigenvalue weighted by Gasteiger charge is -2.23. The van der Waals surface area contributed by atoms with Crippen molar-refractivity contribution in [1.82, 2.24) is 0 Å². The van der Waals surface area contributed by atoms with Gasteiger partial charge in [0.1, 0.15) is 5.60 Å². The summed E-state index contributed by atoms with van der Waals surface area (Å²) in [6.45, 7) is 9.33. The van der Waals surface area contributed by atoms with Crippen LogP contribution < -0.4 is 0 Å². The smallest absolute Gasteiger partial charge is 0.347 e. The Bertz CT molecular complexity index is 462. The normalized spacial score (nSPS) is 25.4. The van der Waals surface area contributed by atoms with Crippen LogP contribution in [0.25, 0.3) is 0 Å². The predicted octanol–water partition coefficient (Wildman–Crippen LogP) is 0.864. The molecule has 1 saturated heterocycles. The fraction of sp³-hybridized carbons (Fsp3) is 0.786. The highest BCUT2D eigenvalue weighted by Gasteiger charge is 2.50. The van der Waals surface area contributed by atoms with Crippen molar-refractivity contribution < 1.29 is 38.4 Å². The van der Waals surface area contributed by atoms with Gasteiger partial charge in [-0.3, -0.25) is 0 Å². The number of hydrogen-bond acceptors (Lipinski definition) is 7. The lowest BCUT2D eigenvalue weighted by Crippen LogP contribution is -2.41. The van der Waals surface area contributed by atoms with Gasteiger partial charge in [-0.05, 0) is 41.5 Å². The zero-order chi connectivity index (χ0) is 17.3. The number of aliphatic carboxylic acids is 1. The zero-order valence-corrected chi connectivity index (χ0v) is 13.5. The van der Waals surface area contributed by atoms with Crippen molar-refractivity contribution in [3.8, 4) is 0 Å². The first kappa shape index (κ1) is 18.4. The van der Waals surface area contributed by atoms with Crippen molar-refractivity contribution in [3.05, 3.63) is 0 Å². The Balaban J connectivity index is 2.71. The maximum Gasteiger partial charge on any atom is 0.347 e. The van der Waals surface area contributed by atoms with Gasteiger partial charge in [-0.1, -0.05) is 0 Å². The highest BCUT2D eigenvalue weighted by Crippen LogP contribution is 2.29. The van der Waals surface area contributed by atoms with Crippen LogP contribution in [-0.4, -0.2) is 52.7 Å². The number of ether oxygens (including phenoxy) is 4. The topological polar surface area (TPSA) is 108 Å². The fourth-order valence-corrected chi connectivity index (χ4v) is 1.79. The van der Waals surface area contributed by atoms with E-state index < -0.39 is 47.6 Å². The number of hydrogen-bond donors (Lipinski definition) is 1. The van der Waals surface area contributed by atoms with Crippen molar-refractivity contribution in [1.29, 1.82) is 0 Å². The first-order valence-corrected chi connectivity index (χ1v) is 6.84. The van der Waals surface area contributed by atoms with E-state index in [0.717, 1.165) is 0 Å². The van der Waals surface area contributed by atoms with Crippen LogP contribution in [0.4, 0.5) is 0 Å². The number of carbonyl (C=O) groups excluding carboxylic acids is 2. The van der Waals surface area contributed by atoms with Gasteiger partial charge in [0.25, 0.3) is 0 Å². The molecule has 1 fully saturated rings. The summed E-state index contributed by atoms with van der Waals surface area (Å²) in [4.78, 5) is 34.9. The van der Waals surface area contributed by atoms with Gasteiger partial charge in [0.15, 0.2) is 24.1 Å². The van der Waals surface area contributed by atoms with Crippen molar-refractivity contribution in [2.24, 2.45) is 0 Å². The molecule has 0 amide bonds. The maximum atomic E-state index is 12.0. The van der Waals surface area contributed by atoms with Gasteiger partial charge in [0.05, 0.1) is 0 Å². The van der Waals surface area contributed by atoms with E-state index in [9.17, 15) is 14.4 Å². The van der Waals surface area contributed by atoms with E-state index in [1.54, 1.807) is 20.8 Å². The number of carboxylic acid groups (broad SMARTS) is 1. The molecule has 0 radical (unpaired) electrons. The van der Waals surface area contributed by atoms with Crippen LogP contribution in [0.2, 0.25) is 0 Å². The summed E-state index contributed by atoms with van der Waals surface area (Å²) < 4.78 is 20.4. The van der Waals surface area contributed by atoms with Crippen molar-refractivity contribution in [2.75, 3.05) is 0 Å². The minimum atomic E-state index is -1.49. The molecule has 0 unspecified atom stereocenters. The molecule has 0 saturated carbocycles. The van der Waals surface area contributed by atoms with Crippen LogP contribution >= 0.6 is 0 Å². The Labute approximate surface area is 128 Å². The molecule has 1 heterocycles. The minimum absolute atomic E-state index is 0.726. The third-order valence-corrected chi connectivity index (χ3v) is 2.60. The Morgan fingerprint density at radius 1 is 1.14 bits per heavy atom. The van der Waals surface area contributed by atoms with Gasteiger partial charge in [-0.15, -0.1) is 0 Å². The Morgan fingerprint density at radius 3 is 2.09 bits per heavy atom. The zero-order valence-electron chi connectivity index (χ0n) is 13.5. The molecule has 0 bridgehead atoms. The van der Waals surface area contributed by atoms with Crippen LogP contribution in [0.1, 0.15) is 41.5 Å². The summed E-state index contributed by atoms with van der Waals surface area (Å²) in [5.74, 6) is -4.30. The molecule has 1 aliphatic rings. The Morgan fingerprint density at radius 2 is 1.64 bits per heavy atom. The number of carbonyl (C=O) groups is 3. The highest BCUT2D eigenvalue weighted by molar-refractivity contribution is 5.87. The number of esters is 2. The van der Waals surface area contributed by atoms with Crippen LogP contribution in [0.15, 0.2) is 0 Å². The molecule has 3 atom stereocenters. The first-order valence-electron chi connectivity index (χ1n) is 6.84. The van der Waals surface area contributed by atoms with Gasteiger partial charge in [-0.25, -0.2) is 14.4 Å². The second kappa shape index (κ2) is 6.21. The largest absolute Gasteiger partial charge is 0.479 e. The molecule has 8 nitrogen and oxygen atoms in total. The van der Waals surface area contributed by atoms with E-state index in [0.29, 0.717) is 0 Å². The van der Waals surface area contributed by atoms with E-state index in [1.165, 1.54) is 20.8 Å². The van der Waals surface area contributed by atoms with E-state index in [2.05, 4.69) is 0 Å². The predicted molar refractivity (Wildman–Crippen MR) is 72.9 cm³/mol. The molecule has 0 aromatic carbocycles. The van der Waals surface area contributed by atoms with E-state index >= 15 is 0 Å². The molecule has 0 aromatic heterocycles. The Hall–Kier alpha value is -1.67. The van der Waals surface area contributed by atoms with E-state index in [1.807, 2.05) is 0 Å². The first-order chi connectivity index (χ1) is 9.82. The third kappa shape index (κ3) is 4.96. The van der Waals surface area contributed by atoms with Gasteiger partial charge < -0.3 is 24.1 Å². The summed E-state index contributed by atoms with van der Waals surface area (Å²) in [5.41, 5.74) is -0.726. The maximum absolute atomic E-state index is 12.0. The molecular formula is C14H22O8. The fourth-order valence-electron chi connectivity index (χ4n) is 1.79. The van der Waals surface area contributed by atoms with Crippen molar-refractivity contribution in [2.45, 2.75) is 71.2 Å². The monoisotopic (exact) mass is 318 g/mol. The molecule has 1 N–H and O–H groups in total. The standard InChI is InChI=1S/C14H22O8/c1-7(11(17)22-13(2,3)4)19-12(18)9-8(10(15)16)20-14(5,6)21-9/h7-9H,1-6H3,(H,15,16)/t7-,8+,9+/m0/s1. The SMILES string of the molecule is C[C@H](OC(=O)[C@@H]1OC(C)(C)O[C@H]1C(=O)O)C(=O)OC(C)(C)C. The van der Waals surface area contributed by atoms with Gasteiger partial charge in [-0.2, -0.15) is 0 Å². The van der Waals surface area contributed by atoms with Gasteiger partial charge >= 0.3 is 17.9 Å². The molecular weight excluding hydrogens is 296 g/mol. The molecule has 126 valence electrons. The third-order valence-electron chi connectivity index (χ3n) is 2.60. The van der Waals surface area contributed by atoms with Crippen LogP contribution in [0.3, 0.4) is 0 Å². The lowest BCUT2D eigenvalue weighted by molar-refractivity contribution is -0.184. The molecule has 22 heavy (non-hydrogen) atoms. The molecule has 0 spiro atoms. The van der Waals surface area contributed by atoms with Gasteiger partial charge in [0, 0.05) is 0 Å². The average Bonchev–Trinajstić information content (AvgIpc) is 2.63. The lowest BCUT2D eigenvalue weighted by atomic mass is 10.2. The van der Waals surface area contributed by atoms with E-state index in [-0.39, 0.29) is 0 Å². The second-order valence-electron chi connectivity index (χ2n) is 6.43. The van der Waals surface area contributed by atoms with Crippen LogP contribution in [-0.2, 0) is 33.3 Å². The summed E-state index contributed by atoms with van der Waals surface area (Å²) in [7, 11) is 0. The number of carboxylic acids is 1. The molecule has 0 aliphatic carbocycles. The average molecular weight is 318 g/mol.